The van der Waals surface area contributed by atoms with E-state index >= 15 is 0 Å². The summed E-state index contributed by atoms with van der Waals surface area (Å²) in [7, 11) is 0. The first-order valence-electron chi connectivity index (χ1n) is 5.91. The molecule has 0 aromatic rings. The first-order valence-corrected chi connectivity index (χ1v) is 5.91. The Balaban J connectivity index is 2.70. The molecule has 1 fully saturated rings. The first-order chi connectivity index (χ1) is 7.17. The van der Waals surface area contributed by atoms with Gasteiger partial charge in [-0.15, -0.1) is 0 Å². The number of hydrogen-bond donors (Lipinski definition) is 1. The third-order valence-corrected chi connectivity index (χ3v) is 3.33. The Labute approximate surface area is 98.7 Å². The zero-order chi connectivity index (χ0) is 12.6. The van der Waals surface area contributed by atoms with Gasteiger partial charge >= 0.3 is 0 Å². The maximum atomic E-state index is 12.3. The summed E-state index contributed by atoms with van der Waals surface area (Å²) in [6.07, 6.45) is 1.46. The molecule has 0 unspecified atom stereocenters. The fourth-order valence-electron chi connectivity index (χ4n) is 2.26. The van der Waals surface area contributed by atoms with Crippen molar-refractivity contribution in [1.82, 2.24) is 4.90 Å². The third kappa shape index (κ3) is 2.64. The minimum Gasteiger partial charge on any atom is -0.375 e. The Morgan fingerprint density at radius 3 is 2.06 bits per heavy atom. The van der Waals surface area contributed by atoms with E-state index in [0.29, 0.717) is 0 Å². The summed E-state index contributed by atoms with van der Waals surface area (Å²) in [5.74, 6) is 0.182. The second-order valence-corrected chi connectivity index (χ2v) is 5.96. The number of ketones is 1. The molecule has 92 valence electrons. The Morgan fingerprint density at radius 1 is 1.31 bits per heavy atom. The molecule has 0 aliphatic carbocycles. The van der Waals surface area contributed by atoms with Crippen LogP contribution in [0.2, 0.25) is 0 Å². The van der Waals surface area contributed by atoms with Gasteiger partial charge < -0.3 is 10.6 Å². The molecule has 16 heavy (non-hydrogen) atoms. The highest BCUT2D eigenvalue weighted by Gasteiger charge is 2.42. The number of rotatable bonds is 2. The van der Waals surface area contributed by atoms with Gasteiger partial charge in [0.1, 0.15) is 0 Å². The van der Waals surface area contributed by atoms with Gasteiger partial charge in [0.15, 0.2) is 5.78 Å². The quantitative estimate of drug-likeness (QED) is 0.779. The minimum atomic E-state index is -0.635. The molecule has 1 saturated heterocycles. The van der Waals surface area contributed by atoms with Gasteiger partial charge in [-0.2, -0.15) is 0 Å². The number of allylic oxidation sites excluding steroid dienone is 1. The highest BCUT2D eigenvalue weighted by molar-refractivity contribution is 5.92. The molecule has 0 aromatic carbocycles. The highest BCUT2D eigenvalue weighted by Crippen LogP contribution is 2.30. The van der Waals surface area contributed by atoms with Crippen LogP contribution in [0.25, 0.3) is 0 Å². The lowest BCUT2D eigenvalue weighted by Crippen LogP contribution is -2.58. The lowest BCUT2D eigenvalue weighted by atomic mass is 9.74. The maximum absolute atomic E-state index is 12.3. The lowest BCUT2D eigenvalue weighted by Gasteiger charge is -2.42. The molecular formula is C13H24N2O. The molecule has 0 amide bonds. The van der Waals surface area contributed by atoms with Crippen LogP contribution >= 0.6 is 0 Å². The summed E-state index contributed by atoms with van der Waals surface area (Å²) in [6.45, 7) is 13.4. The predicted molar refractivity (Wildman–Crippen MR) is 67.0 cm³/mol. The second kappa shape index (κ2) is 4.21. The molecule has 0 spiro atoms. The predicted octanol–water partition coefficient (Wildman–Crippen LogP) is 1.93. The molecule has 1 heterocycles. The lowest BCUT2D eigenvalue weighted by molar-refractivity contribution is -0.133. The van der Waals surface area contributed by atoms with Crippen molar-refractivity contribution < 1.29 is 4.79 Å². The summed E-state index contributed by atoms with van der Waals surface area (Å²) in [5, 5.41) is 0. The maximum Gasteiger partial charge on any atom is 0.158 e. The molecule has 2 N–H and O–H groups in total. The molecule has 0 atom stereocenters. The SMILES string of the molecule is C=C(C)N1CCC(N)(C(=O)C(C)(C)C)CC1. The number of nitrogens with two attached hydrogens (primary N) is 1. The van der Waals surface area contributed by atoms with E-state index < -0.39 is 5.54 Å². The van der Waals surface area contributed by atoms with Crippen molar-refractivity contribution in [3.05, 3.63) is 12.3 Å². The number of carbonyl (C=O) groups excluding carboxylic acids is 1. The smallest absolute Gasteiger partial charge is 0.158 e. The summed E-state index contributed by atoms with van der Waals surface area (Å²) in [5.41, 5.74) is 6.32. The summed E-state index contributed by atoms with van der Waals surface area (Å²) >= 11 is 0. The fraction of sp³-hybridized carbons (Fsp3) is 0.769. The van der Waals surface area contributed by atoms with Gasteiger partial charge in [-0.3, -0.25) is 4.79 Å². The summed E-state index contributed by atoms with van der Waals surface area (Å²) in [4.78, 5) is 14.4. The van der Waals surface area contributed by atoms with Gasteiger partial charge in [0.25, 0.3) is 0 Å². The van der Waals surface area contributed by atoms with Crippen LogP contribution in [0, 0.1) is 5.41 Å². The summed E-state index contributed by atoms with van der Waals surface area (Å²) < 4.78 is 0. The van der Waals surface area contributed by atoms with E-state index in [2.05, 4.69) is 11.5 Å². The average Bonchev–Trinajstić information content (AvgIpc) is 2.16. The van der Waals surface area contributed by atoms with Gasteiger partial charge in [-0.25, -0.2) is 0 Å². The monoisotopic (exact) mass is 224 g/mol. The molecule has 0 bridgehead atoms. The molecule has 1 rings (SSSR count). The van der Waals surface area contributed by atoms with Gasteiger partial charge in [-0.1, -0.05) is 27.4 Å². The van der Waals surface area contributed by atoms with Crippen molar-refractivity contribution in [3.63, 3.8) is 0 Å². The number of nitrogens with zero attached hydrogens (tertiary/aromatic N) is 1. The Bertz CT molecular complexity index is 294. The third-order valence-electron chi connectivity index (χ3n) is 3.33. The van der Waals surface area contributed by atoms with E-state index in [0.717, 1.165) is 31.6 Å². The van der Waals surface area contributed by atoms with Gasteiger partial charge in [0.2, 0.25) is 0 Å². The number of piperidine rings is 1. The van der Waals surface area contributed by atoms with Gasteiger partial charge in [0, 0.05) is 24.2 Å². The number of Topliss-reactive ketones (excluding diaryl/α,β-unsaturated/α-hetero) is 1. The minimum absolute atomic E-state index is 0.182. The fourth-order valence-corrected chi connectivity index (χ4v) is 2.26. The van der Waals surface area contributed by atoms with E-state index in [1.165, 1.54) is 0 Å². The van der Waals surface area contributed by atoms with Gasteiger partial charge in [0.05, 0.1) is 5.54 Å². The number of hydrogen-bond acceptors (Lipinski definition) is 3. The molecule has 0 aromatic heterocycles. The second-order valence-electron chi connectivity index (χ2n) is 5.96. The molecule has 1 aliphatic heterocycles. The van der Waals surface area contributed by atoms with Crippen molar-refractivity contribution >= 4 is 5.78 Å². The molecule has 0 radical (unpaired) electrons. The van der Waals surface area contributed by atoms with Crippen LogP contribution < -0.4 is 5.73 Å². The van der Waals surface area contributed by atoms with E-state index in [1.54, 1.807) is 0 Å². The van der Waals surface area contributed by atoms with Gasteiger partial charge in [-0.05, 0) is 19.8 Å². The van der Waals surface area contributed by atoms with E-state index in [4.69, 9.17) is 5.73 Å². The molecule has 1 aliphatic rings. The van der Waals surface area contributed by atoms with E-state index in [9.17, 15) is 4.79 Å². The Morgan fingerprint density at radius 2 is 1.75 bits per heavy atom. The molecular weight excluding hydrogens is 200 g/mol. The van der Waals surface area contributed by atoms with Crippen LogP contribution in [0.3, 0.4) is 0 Å². The van der Waals surface area contributed by atoms with E-state index in [1.807, 2.05) is 27.7 Å². The van der Waals surface area contributed by atoms with E-state index in [-0.39, 0.29) is 11.2 Å². The Kier molecular flexibility index (Phi) is 3.48. The summed E-state index contributed by atoms with van der Waals surface area (Å²) in [6, 6.07) is 0. The number of carbonyl (C=O) groups is 1. The largest absolute Gasteiger partial charge is 0.375 e. The zero-order valence-electron chi connectivity index (χ0n) is 11.0. The van der Waals surface area contributed by atoms with Crippen molar-refractivity contribution in [1.29, 1.82) is 0 Å². The first kappa shape index (κ1) is 13.2. The standard InChI is InChI=1S/C13H24N2O/c1-10(2)15-8-6-13(14,7-9-15)11(16)12(3,4)5/h1,6-9,14H2,2-5H3. The van der Waals surface area contributed by atoms with Crippen LogP contribution in [0.4, 0.5) is 0 Å². The normalized spacial score (nSPS) is 20.7. The van der Waals surface area contributed by atoms with Crippen LogP contribution in [0.15, 0.2) is 12.3 Å². The van der Waals surface area contributed by atoms with Crippen LogP contribution in [-0.4, -0.2) is 29.3 Å². The van der Waals surface area contributed by atoms with Crippen LogP contribution in [-0.2, 0) is 4.79 Å². The average molecular weight is 224 g/mol. The van der Waals surface area contributed by atoms with Crippen molar-refractivity contribution in [3.8, 4) is 0 Å². The van der Waals surface area contributed by atoms with Crippen LogP contribution in [0.5, 0.6) is 0 Å². The van der Waals surface area contributed by atoms with Crippen molar-refractivity contribution in [2.45, 2.75) is 46.1 Å². The van der Waals surface area contributed by atoms with Crippen LogP contribution in [0.1, 0.15) is 40.5 Å². The topological polar surface area (TPSA) is 46.3 Å². The van der Waals surface area contributed by atoms with Crippen molar-refractivity contribution in [2.24, 2.45) is 11.1 Å². The van der Waals surface area contributed by atoms with Crippen molar-refractivity contribution in [2.75, 3.05) is 13.1 Å². The zero-order valence-corrected chi connectivity index (χ0v) is 11.0. The molecule has 0 saturated carbocycles. The molecule has 3 heteroatoms. The molecule has 3 nitrogen and oxygen atoms in total. The Hall–Kier alpha value is -0.830. The number of likely N-dealkylation sites (tertiary alicyclic amines) is 1. The highest BCUT2D eigenvalue weighted by atomic mass is 16.1.